The predicted octanol–water partition coefficient (Wildman–Crippen LogP) is 3.81. The zero-order chi connectivity index (χ0) is 17.5. The Morgan fingerprint density at radius 1 is 1.32 bits per heavy atom. The van der Waals surface area contributed by atoms with E-state index in [1.165, 1.54) is 0 Å². The third-order valence-electron chi connectivity index (χ3n) is 4.30. The Balaban J connectivity index is 0.00000312. The van der Waals surface area contributed by atoms with E-state index in [0.29, 0.717) is 47.8 Å². The summed E-state index contributed by atoms with van der Waals surface area (Å²) >= 11 is 6.32. The van der Waals surface area contributed by atoms with Gasteiger partial charge in [-0.25, -0.2) is 0 Å². The summed E-state index contributed by atoms with van der Waals surface area (Å²) < 4.78 is 11.3. The number of benzene rings is 1. The SMILES string of the molecule is CCCOc1c(Cl)cc(C(=O)NC2CCCC2CN)cc1OCC.Cl. The predicted molar refractivity (Wildman–Crippen MR) is 103 cm³/mol. The molecule has 25 heavy (non-hydrogen) atoms. The van der Waals surface area contributed by atoms with Crippen molar-refractivity contribution >= 4 is 29.9 Å². The molecule has 1 aromatic rings. The number of amides is 1. The Hall–Kier alpha value is -1.17. The lowest BCUT2D eigenvalue weighted by Crippen LogP contribution is -2.39. The highest BCUT2D eigenvalue weighted by Gasteiger charge is 2.28. The van der Waals surface area contributed by atoms with Gasteiger partial charge in [0, 0.05) is 11.6 Å². The molecule has 3 N–H and O–H groups in total. The molecule has 142 valence electrons. The smallest absolute Gasteiger partial charge is 0.251 e. The van der Waals surface area contributed by atoms with Crippen LogP contribution in [0.4, 0.5) is 0 Å². The molecule has 0 bridgehead atoms. The summed E-state index contributed by atoms with van der Waals surface area (Å²) in [5.74, 6) is 1.20. The molecule has 1 aliphatic rings. The van der Waals surface area contributed by atoms with Gasteiger partial charge in [0.25, 0.3) is 5.91 Å². The Morgan fingerprint density at radius 3 is 2.72 bits per heavy atom. The lowest BCUT2D eigenvalue weighted by atomic mass is 10.0. The third-order valence-corrected chi connectivity index (χ3v) is 4.58. The second-order valence-electron chi connectivity index (χ2n) is 6.07. The molecule has 0 aliphatic heterocycles. The molecule has 0 saturated heterocycles. The number of carbonyl (C=O) groups is 1. The van der Waals surface area contributed by atoms with E-state index >= 15 is 0 Å². The van der Waals surface area contributed by atoms with E-state index < -0.39 is 0 Å². The van der Waals surface area contributed by atoms with Gasteiger partial charge >= 0.3 is 0 Å². The molecule has 1 fully saturated rings. The summed E-state index contributed by atoms with van der Waals surface area (Å²) in [4.78, 5) is 12.6. The average molecular weight is 391 g/mol. The lowest BCUT2D eigenvalue weighted by molar-refractivity contribution is 0.0928. The first-order valence-electron chi connectivity index (χ1n) is 8.70. The maximum atomic E-state index is 12.6. The number of ether oxygens (including phenoxy) is 2. The van der Waals surface area contributed by atoms with Crippen molar-refractivity contribution in [2.75, 3.05) is 19.8 Å². The molecular formula is C18H28Cl2N2O3. The summed E-state index contributed by atoms with van der Waals surface area (Å²) in [6, 6.07) is 3.46. The molecule has 1 amide bonds. The van der Waals surface area contributed by atoms with Crippen molar-refractivity contribution in [1.29, 1.82) is 0 Å². The summed E-state index contributed by atoms with van der Waals surface area (Å²) in [6.07, 6.45) is 4.00. The normalized spacial score (nSPS) is 19.2. The van der Waals surface area contributed by atoms with Crippen molar-refractivity contribution in [2.24, 2.45) is 11.7 Å². The van der Waals surface area contributed by atoms with Gasteiger partial charge in [-0.05, 0) is 50.8 Å². The number of rotatable bonds is 8. The zero-order valence-electron chi connectivity index (χ0n) is 14.8. The molecule has 0 heterocycles. The molecule has 7 heteroatoms. The summed E-state index contributed by atoms with van der Waals surface area (Å²) in [7, 11) is 0. The first kappa shape index (κ1) is 21.9. The second kappa shape index (κ2) is 10.7. The fourth-order valence-electron chi connectivity index (χ4n) is 3.07. The number of nitrogens with two attached hydrogens (primary N) is 1. The summed E-state index contributed by atoms with van der Waals surface area (Å²) in [6.45, 7) is 5.52. The maximum absolute atomic E-state index is 12.6. The fraction of sp³-hybridized carbons (Fsp3) is 0.611. The molecular weight excluding hydrogens is 363 g/mol. The molecule has 1 saturated carbocycles. The standard InChI is InChI=1S/C18H27ClN2O3.ClH/c1-3-8-24-17-14(19)9-13(10-16(17)23-4-2)18(22)21-15-7-5-6-12(15)11-20;/h9-10,12,15H,3-8,11,20H2,1-2H3,(H,21,22);1H. The average Bonchev–Trinajstić information content (AvgIpc) is 3.01. The van der Waals surface area contributed by atoms with E-state index in [1.807, 2.05) is 13.8 Å². The van der Waals surface area contributed by atoms with Gasteiger partial charge in [0.1, 0.15) is 0 Å². The quantitative estimate of drug-likeness (QED) is 0.707. The monoisotopic (exact) mass is 390 g/mol. The van der Waals surface area contributed by atoms with Gasteiger partial charge in [-0.3, -0.25) is 4.79 Å². The van der Waals surface area contributed by atoms with Gasteiger partial charge in [-0.1, -0.05) is 24.9 Å². The van der Waals surface area contributed by atoms with Crippen LogP contribution in [0.1, 0.15) is 49.9 Å². The molecule has 2 rings (SSSR count). The van der Waals surface area contributed by atoms with Gasteiger partial charge in [0.15, 0.2) is 11.5 Å². The van der Waals surface area contributed by atoms with Crippen molar-refractivity contribution in [3.05, 3.63) is 22.7 Å². The van der Waals surface area contributed by atoms with Crippen molar-refractivity contribution in [1.82, 2.24) is 5.32 Å². The third kappa shape index (κ3) is 5.66. The Kier molecular flexibility index (Phi) is 9.39. The first-order chi connectivity index (χ1) is 11.6. The van der Waals surface area contributed by atoms with Crippen molar-refractivity contribution in [3.8, 4) is 11.5 Å². The van der Waals surface area contributed by atoms with Crippen LogP contribution in [0.25, 0.3) is 0 Å². The molecule has 2 atom stereocenters. The Morgan fingerprint density at radius 2 is 2.08 bits per heavy atom. The summed E-state index contributed by atoms with van der Waals surface area (Å²) in [5, 5.41) is 3.47. The molecule has 0 radical (unpaired) electrons. The molecule has 1 aromatic carbocycles. The van der Waals surface area contributed by atoms with Crippen LogP contribution < -0.4 is 20.5 Å². The number of halogens is 2. The van der Waals surface area contributed by atoms with Crippen LogP contribution in [-0.2, 0) is 0 Å². The van der Waals surface area contributed by atoms with Crippen molar-refractivity contribution < 1.29 is 14.3 Å². The van der Waals surface area contributed by atoms with E-state index in [2.05, 4.69) is 5.32 Å². The Bertz CT molecular complexity index is 569. The van der Waals surface area contributed by atoms with Crippen LogP contribution in [0.3, 0.4) is 0 Å². The van der Waals surface area contributed by atoms with Crippen LogP contribution in [0.5, 0.6) is 11.5 Å². The molecule has 0 aromatic heterocycles. The molecule has 1 aliphatic carbocycles. The lowest BCUT2D eigenvalue weighted by Gasteiger charge is -2.20. The van der Waals surface area contributed by atoms with E-state index in [-0.39, 0.29) is 24.4 Å². The fourth-order valence-corrected chi connectivity index (χ4v) is 3.33. The van der Waals surface area contributed by atoms with Gasteiger partial charge in [0.05, 0.1) is 18.2 Å². The highest BCUT2D eigenvalue weighted by atomic mass is 35.5. The van der Waals surface area contributed by atoms with Gasteiger partial charge < -0.3 is 20.5 Å². The van der Waals surface area contributed by atoms with E-state index in [1.54, 1.807) is 12.1 Å². The minimum absolute atomic E-state index is 0. The minimum atomic E-state index is -0.148. The maximum Gasteiger partial charge on any atom is 0.251 e. The molecule has 5 nitrogen and oxygen atoms in total. The van der Waals surface area contributed by atoms with E-state index in [0.717, 1.165) is 25.7 Å². The largest absolute Gasteiger partial charge is 0.490 e. The van der Waals surface area contributed by atoms with Crippen LogP contribution in [0.15, 0.2) is 12.1 Å². The number of hydrogen-bond donors (Lipinski definition) is 2. The van der Waals surface area contributed by atoms with E-state index in [9.17, 15) is 4.79 Å². The topological polar surface area (TPSA) is 73.6 Å². The zero-order valence-corrected chi connectivity index (χ0v) is 16.4. The highest BCUT2D eigenvalue weighted by Crippen LogP contribution is 2.37. The van der Waals surface area contributed by atoms with Gasteiger partial charge in [0.2, 0.25) is 0 Å². The van der Waals surface area contributed by atoms with Crippen LogP contribution in [0.2, 0.25) is 5.02 Å². The summed E-state index contributed by atoms with van der Waals surface area (Å²) in [5.41, 5.74) is 6.27. The molecule has 0 spiro atoms. The van der Waals surface area contributed by atoms with E-state index in [4.69, 9.17) is 26.8 Å². The first-order valence-corrected chi connectivity index (χ1v) is 9.08. The van der Waals surface area contributed by atoms with Gasteiger partial charge in [-0.15, -0.1) is 12.4 Å². The second-order valence-corrected chi connectivity index (χ2v) is 6.48. The van der Waals surface area contributed by atoms with Crippen LogP contribution in [-0.4, -0.2) is 31.7 Å². The minimum Gasteiger partial charge on any atom is -0.490 e. The van der Waals surface area contributed by atoms with Crippen LogP contribution >= 0.6 is 24.0 Å². The van der Waals surface area contributed by atoms with Crippen molar-refractivity contribution in [2.45, 2.75) is 45.6 Å². The number of nitrogens with one attached hydrogen (secondary N) is 1. The highest BCUT2D eigenvalue weighted by molar-refractivity contribution is 6.32. The van der Waals surface area contributed by atoms with Crippen LogP contribution in [0, 0.1) is 5.92 Å². The number of carbonyl (C=O) groups excluding carboxylic acids is 1. The number of hydrogen-bond acceptors (Lipinski definition) is 4. The van der Waals surface area contributed by atoms with Gasteiger partial charge in [-0.2, -0.15) is 0 Å². The Labute approximate surface area is 161 Å². The molecule has 2 unspecified atom stereocenters. The van der Waals surface area contributed by atoms with Crippen molar-refractivity contribution in [3.63, 3.8) is 0 Å².